The fraction of sp³-hybridized carbons (Fsp3) is 0.333. The average molecular weight is 370 g/mol. The number of H-pyrrole nitrogens is 1. The number of benzene rings is 1. The molecule has 0 saturated carbocycles. The maximum Gasteiger partial charge on any atom is 0.280 e. The Morgan fingerprint density at radius 1 is 1.50 bits per heavy atom. The molecule has 1 N–H and O–H groups in total. The third-order valence-electron chi connectivity index (χ3n) is 3.50. The van der Waals surface area contributed by atoms with Gasteiger partial charge in [0.2, 0.25) is 0 Å². The predicted molar refractivity (Wildman–Crippen MR) is 84.0 cm³/mol. The van der Waals surface area contributed by atoms with Crippen molar-refractivity contribution in [3.05, 3.63) is 51.0 Å². The maximum absolute atomic E-state index is 13.7. The molecule has 2 aromatic rings. The first-order chi connectivity index (χ1) is 10.5. The van der Waals surface area contributed by atoms with Crippen LogP contribution in [0.25, 0.3) is 0 Å². The van der Waals surface area contributed by atoms with Crippen LogP contribution in [0.5, 0.6) is 0 Å². The highest BCUT2D eigenvalue weighted by Gasteiger charge is 2.19. The van der Waals surface area contributed by atoms with Crippen molar-refractivity contribution in [3.8, 4) is 0 Å². The summed E-state index contributed by atoms with van der Waals surface area (Å²) < 4.78 is 14.5. The Labute approximate surface area is 136 Å². The van der Waals surface area contributed by atoms with E-state index in [1.807, 2.05) is 6.92 Å². The van der Waals surface area contributed by atoms with Gasteiger partial charge in [0.1, 0.15) is 5.82 Å². The lowest BCUT2D eigenvalue weighted by atomic mass is 10.0. The first kappa shape index (κ1) is 16.6. The number of amides is 1. The Morgan fingerprint density at radius 3 is 2.86 bits per heavy atom. The molecule has 0 atom stereocenters. The molecule has 118 valence electrons. The van der Waals surface area contributed by atoms with E-state index >= 15 is 0 Å². The van der Waals surface area contributed by atoms with Crippen LogP contribution in [0.1, 0.15) is 34.1 Å². The minimum Gasteiger partial charge on any atom is -0.281 e. The molecule has 1 aromatic carbocycles. The molecule has 0 spiro atoms. The Kier molecular flexibility index (Phi) is 5.31. The van der Waals surface area contributed by atoms with Crippen LogP contribution < -0.4 is 0 Å². The van der Waals surface area contributed by atoms with Gasteiger partial charge in [0.25, 0.3) is 5.91 Å². The molecule has 2 rings (SSSR count). The van der Waals surface area contributed by atoms with E-state index in [1.165, 1.54) is 26.4 Å². The van der Waals surface area contributed by atoms with Gasteiger partial charge in [0.15, 0.2) is 0 Å². The number of hydroxylamine groups is 2. The van der Waals surface area contributed by atoms with Gasteiger partial charge in [-0.3, -0.25) is 14.7 Å². The molecule has 0 fully saturated rings. The highest BCUT2D eigenvalue weighted by Crippen LogP contribution is 2.27. The smallest absolute Gasteiger partial charge is 0.280 e. The number of carbonyl (C=O) groups excluding carboxylic acids is 1. The number of rotatable bonds is 5. The molecular weight excluding hydrogens is 353 g/mol. The molecule has 7 heteroatoms. The number of aromatic amines is 1. The van der Waals surface area contributed by atoms with E-state index in [4.69, 9.17) is 4.84 Å². The SMILES string of the molecule is CCc1c(F)ccc(Cc2[nH]ncc2C(=O)N(C)OC)c1Br. The molecule has 0 unspecified atom stereocenters. The summed E-state index contributed by atoms with van der Waals surface area (Å²) in [6.07, 6.45) is 2.49. The van der Waals surface area contributed by atoms with Gasteiger partial charge in [0.05, 0.1) is 24.6 Å². The number of hydrogen-bond acceptors (Lipinski definition) is 3. The van der Waals surface area contributed by atoms with Crippen LogP contribution in [0.3, 0.4) is 0 Å². The number of carbonyl (C=O) groups is 1. The fourth-order valence-corrected chi connectivity index (χ4v) is 2.92. The van der Waals surface area contributed by atoms with Gasteiger partial charge < -0.3 is 0 Å². The van der Waals surface area contributed by atoms with Crippen LogP contribution in [0, 0.1) is 5.82 Å². The van der Waals surface area contributed by atoms with Crippen LogP contribution in [-0.4, -0.2) is 35.3 Å². The van der Waals surface area contributed by atoms with Crippen molar-refractivity contribution in [3.63, 3.8) is 0 Å². The van der Waals surface area contributed by atoms with Gasteiger partial charge in [-0.05, 0) is 18.1 Å². The summed E-state index contributed by atoms with van der Waals surface area (Å²) >= 11 is 3.45. The van der Waals surface area contributed by atoms with E-state index < -0.39 is 0 Å². The molecule has 0 aliphatic rings. The second kappa shape index (κ2) is 7.02. The van der Waals surface area contributed by atoms with Crippen LogP contribution in [0.2, 0.25) is 0 Å². The number of nitrogens with zero attached hydrogens (tertiary/aromatic N) is 2. The lowest BCUT2D eigenvalue weighted by Gasteiger charge is -2.14. The Balaban J connectivity index is 2.34. The Morgan fingerprint density at radius 2 is 2.23 bits per heavy atom. The third kappa shape index (κ3) is 3.20. The molecule has 5 nitrogen and oxygen atoms in total. The van der Waals surface area contributed by atoms with Crippen molar-refractivity contribution in [2.45, 2.75) is 19.8 Å². The van der Waals surface area contributed by atoms with Gasteiger partial charge in [-0.15, -0.1) is 0 Å². The van der Waals surface area contributed by atoms with Gasteiger partial charge in [-0.1, -0.05) is 28.9 Å². The molecule has 1 aromatic heterocycles. The molecular formula is C15H17BrFN3O2. The van der Waals surface area contributed by atoms with Crippen LogP contribution in [-0.2, 0) is 17.7 Å². The lowest BCUT2D eigenvalue weighted by molar-refractivity contribution is -0.0757. The number of halogens is 2. The zero-order valence-corrected chi connectivity index (χ0v) is 14.2. The Hall–Kier alpha value is -1.73. The largest absolute Gasteiger partial charge is 0.281 e. The van der Waals surface area contributed by atoms with E-state index in [2.05, 4.69) is 26.1 Å². The van der Waals surface area contributed by atoms with Crippen molar-refractivity contribution >= 4 is 21.8 Å². The van der Waals surface area contributed by atoms with E-state index in [9.17, 15) is 9.18 Å². The Bertz CT molecular complexity index is 687. The summed E-state index contributed by atoms with van der Waals surface area (Å²) in [5.41, 5.74) is 2.59. The van der Waals surface area contributed by atoms with Gasteiger partial charge >= 0.3 is 0 Å². The van der Waals surface area contributed by atoms with Crippen molar-refractivity contribution in [2.24, 2.45) is 0 Å². The van der Waals surface area contributed by atoms with E-state index in [0.29, 0.717) is 29.7 Å². The molecule has 1 heterocycles. The summed E-state index contributed by atoms with van der Waals surface area (Å²) in [6.45, 7) is 1.89. The van der Waals surface area contributed by atoms with Crippen molar-refractivity contribution < 1.29 is 14.0 Å². The zero-order chi connectivity index (χ0) is 16.3. The molecule has 1 amide bonds. The molecule has 0 radical (unpaired) electrons. The van der Waals surface area contributed by atoms with E-state index in [1.54, 1.807) is 6.07 Å². The third-order valence-corrected chi connectivity index (χ3v) is 4.48. The minimum atomic E-state index is -0.291. The predicted octanol–water partition coefficient (Wildman–Crippen LogP) is 3.10. The van der Waals surface area contributed by atoms with Crippen LogP contribution in [0.4, 0.5) is 4.39 Å². The highest BCUT2D eigenvalue weighted by atomic mass is 79.9. The van der Waals surface area contributed by atoms with Crippen LogP contribution >= 0.6 is 15.9 Å². The quantitative estimate of drug-likeness (QED) is 0.823. The average Bonchev–Trinajstić information content (AvgIpc) is 2.97. The van der Waals surface area contributed by atoms with Crippen molar-refractivity contribution in [2.75, 3.05) is 14.2 Å². The van der Waals surface area contributed by atoms with Gasteiger partial charge in [-0.25, -0.2) is 9.45 Å². The minimum absolute atomic E-state index is 0.238. The van der Waals surface area contributed by atoms with Crippen LogP contribution in [0.15, 0.2) is 22.8 Å². The fourth-order valence-electron chi connectivity index (χ4n) is 2.18. The molecule has 0 aliphatic carbocycles. The number of aromatic nitrogens is 2. The summed E-state index contributed by atoms with van der Waals surface area (Å²) in [5.74, 6) is -0.529. The van der Waals surface area contributed by atoms with Gasteiger partial charge in [-0.2, -0.15) is 5.10 Å². The monoisotopic (exact) mass is 369 g/mol. The molecule has 0 bridgehead atoms. The lowest BCUT2D eigenvalue weighted by Crippen LogP contribution is -2.26. The summed E-state index contributed by atoms with van der Waals surface area (Å²) in [5, 5.41) is 7.88. The normalized spacial score (nSPS) is 10.8. The summed E-state index contributed by atoms with van der Waals surface area (Å²) in [7, 11) is 2.95. The van der Waals surface area contributed by atoms with Gasteiger partial charge in [0, 0.05) is 23.5 Å². The summed E-state index contributed by atoms with van der Waals surface area (Å²) in [6, 6.07) is 3.14. The highest BCUT2D eigenvalue weighted by molar-refractivity contribution is 9.10. The first-order valence-corrected chi connectivity index (χ1v) is 7.59. The van der Waals surface area contributed by atoms with Crippen molar-refractivity contribution in [1.29, 1.82) is 0 Å². The zero-order valence-electron chi connectivity index (χ0n) is 12.6. The molecule has 0 aliphatic heterocycles. The second-order valence-corrected chi connectivity index (χ2v) is 5.57. The number of hydrogen-bond donors (Lipinski definition) is 1. The van der Waals surface area contributed by atoms with E-state index in [-0.39, 0.29) is 11.7 Å². The first-order valence-electron chi connectivity index (χ1n) is 6.79. The molecule has 0 saturated heterocycles. The summed E-state index contributed by atoms with van der Waals surface area (Å²) in [4.78, 5) is 17.1. The second-order valence-electron chi connectivity index (χ2n) is 4.78. The topological polar surface area (TPSA) is 58.2 Å². The van der Waals surface area contributed by atoms with Crippen molar-refractivity contribution in [1.82, 2.24) is 15.3 Å². The van der Waals surface area contributed by atoms with E-state index in [0.717, 1.165) is 15.1 Å². The number of nitrogens with one attached hydrogen (secondary N) is 1. The molecule has 22 heavy (non-hydrogen) atoms. The standard InChI is InChI=1S/C15H17BrFN3O2/c1-4-10-12(17)6-5-9(14(10)16)7-13-11(8-18-19-13)15(21)20(2)22-3/h5-6,8H,4,7H2,1-3H3,(H,18,19). The maximum atomic E-state index is 13.7.